The molecular weight excluding hydrogens is 223 g/mol. The Bertz CT molecular complexity index is 511. The lowest BCUT2D eigenvalue weighted by molar-refractivity contribution is 0.270. The van der Waals surface area contributed by atoms with Crippen molar-refractivity contribution in [1.29, 1.82) is 0 Å². The van der Waals surface area contributed by atoms with Gasteiger partial charge in [-0.1, -0.05) is 12.1 Å². The molecule has 1 aromatic carbocycles. The molecule has 0 saturated heterocycles. The minimum Gasteiger partial charge on any atom is -0.481 e. The average Bonchev–Trinajstić information content (AvgIpc) is 2.71. The Hall–Kier alpha value is -1.88. The summed E-state index contributed by atoms with van der Waals surface area (Å²) in [5, 5.41) is 13.2. The van der Waals surface area contributed by atoms with E-state index in [0.29, 0.717) is 18.0 Å². The molecular formula is C12H13FN2O2. The van der Waals surface area contributed by atoms with Crippen molar-refractivity contribution in [1.82, 2.24) is 9.78 Å². The average molecular weight is 236 g/mol. The lowest BCUT2D eigenvalue weighted by atomic mass is 10.2. The number of aromatic nitrogens is 2. The van der Waals surface area contributed by atoms with Gasteiger partial charge in [-0.3, -0.25) is 0 Å². The Morgan fingerprint density at radius 2 is 2.29 bits per heavy atom. The van der Waals surface area contributed by atoms with Crippen molar-refractivity contribution >= 4 is 0 Å². The van der Waals surface area contributed by atoms with Crippen LogP contribution in [0.4, 0.5) is 4.39 Å². The summed E-state index contributed by atoms with van der Waals surface area (Å²) < 4.78 is 19.8. The maximum Gasteiger partial charge on any atom is 0.217 e. The predicted molar refractivity (Wildman–Crippen MR) is 60.2 cm³/mol. The van der Waals surface area contributed by atoms with Gasteiger partial charge in [0.05, 0.1) is 32.0 Å². The molecule has 1 N–H and O–H groups in total. The highest BCUT2D eigenvalue weighted by Crippen LogP contribution is 2.19. The Balaban J connectivity index is 2.27. The van der Waals surface area contributed by atoms with E-state index in [1.807, 2.05) is 6.07 Å². The maximum atomic E-state index is 13.0. The van der Waals surface area contributed by atoms with Crippen LogP contribution in [0.5, 0.6) is 5.88 Å². The standard InChI is InChI=1S/C12H13FN2O2/c1-17-12-10(8-16)6-14-15(12)7-9-3-2-4-11(13)5-9/h2-6,16H,7-8H2,1H3. The first-order valence-electron chi connectivity index (χ1n) is 5.18. The summed E-state index contributed by atoms with van der Waals surface area (Å²) in [4.78, 5) is 0. The number of ether oxygens (including phenoxy) is 1. The van der Waals surface area contributed by atoms with Crippen LogP contribution in [0.1, 0.15) is 11.1 Å². The first-order valence-corrected chi connectivity index (χ1v) is 5.18. The Kier molecular flexibility index (Phi) is 3.39. The molecule has 2 aromatic rings. The highest BCUT2D eigenvalue weighted by molar-refractivity contribution is 5.25. The number of halogens is 1. The monoisotopic (exact) mass is 236 g/mol. The molecule has 0 bridgehead atoms. The minimum absolute atomic E-state index is 0.133. The number of aliphatic hydroxyl groups excluding tert-OH is 1. The lowest BCUT2D eigenvalue weighted by Gasteiger charge is -2.07. The van der Waals surface area contributed by atoms with Crippen LogP contribution in [0.2, 0.25) is 0 Å². The highest BCUT2D eigenvalue weighted by Gasteiger charge is 2.10. The zero-order chi connectivity index (χ0) is 12.3. The van der Waals surface area contributed by atoms with Crippen LogP contribution in [0, 0.1) is 5.82 Å². The van der Waals surface area contributed by atoms with E-state index < -0.39 is 0 Å². The second-order valence-electron chi connectivity index (χ2n) is 3.62. The first kappa shape index (κ1) is 11.6. The zero-order valence-corrected chi connectivity index (χ0v) is 9.43. The number of rotatable bonds is 4. The van der Waals surface area contributed by atoms with Gasteiger partial charge in [0.1, 0.15) is 5.82 Å². The third-order valence-corrected chi connectivity index (χ3v) is 2.45. The van der Waals surface area contributed by atoms with E-state index in [9.17, 15) is 4.39 Å². The van der Waals surface area contributed by atoms with Gasteiger partial charge in [0, 0.05) is 0 Å². The zero-order valence-electron chi connectivity index (χ0n) is 9.43. The third kappa shape index (κ3) is 2.45. The molecule has 0 unspecified atom stereocenters. The number of benzene rings is 1. The van der Waals surface area contributed by atoms with Crippen LogP contribution < -0.4 is 4.74 Å². The van der Waals surface area contributed by atoms with Gasteiger partial charge in [0.2, 0.25) is 5.88 Å². The molecule has 0 aliphatic heterocycles. The smallest absolute Gasteiger partial charge is 0.217 e. The molecule has 0 fully saturated rings. The summed E-state index contributed by atoms with van der Waals surface area (Å²) in [5.74, 6) is 0.216. The van der Waals surface area contributed by atoms with Gasteiger partial charge in [-0.05, 0) is 17.7 Å². The van der Waals surface area contributed by atoms with E-state index in [1.165, 1.54) is 25.4 Å². The molecule has 90 valence electrons. The molecule has 2 rings (SSSR count). The number of aliphatic hydroxyl groups is 1. The van der Waals surface area contributed by atoms with Gasteiger partial charge in [-0.2, -0.15) is 5.10 Å². The van der Waals surface area contributed by atoms with E-state index in [0.717, 1.165) is 5.56 Å². The summed E-state index contributed by atoms with van der Waals surface area (Å²) >= 11 is 0. The molecule has 0 spiro atoms. The maximum absolute atomic E-state index is 13.0. The van der Waals surface area contributed by atoms with Crippen LogP contribution >= 0.6 is 0 Å². The Morgan fingerprint density at radius 3 is 2.94 bits per heavy atom. The van der Waals surface area contributed by atoms with Gasteiger partial charge < -0.3 is 9.84 Å². The van der Waals surface area contributed by atoms with Crippen molar-refractivity contribution in [2.45, 2.75) is 13.2 Å². The summed E-state index contributed by atoms with van der Waals surface area (Å²) in [7, 11) is 1.51. The molecule has 1 heterocycles. The fourth-order valence-corrected chi connectivity index (χ4v) is 1.68. The normalized spacial score (nSPS) is 10.5. The molecule has 17 heavy (non-hydrogen) atoms. The second kappa shape index (κ2) is 4.97. The number of nitrogens with zero attached hydrogens (tertiary/aromatic N) is 2. The molecule has 5 heteroatoms. The van der Waals surface area contributed by atoms with Crippen molar-refractivity contribution in [2.75, 3.05) is 7.11 Å². The number of hydrogen-bond acceptors (Lipinski definition) is 3. The van der Waals surface area contributed by atoms with Crippen LogP contribution in [-0.2, 0) is 13.2 Å². The fraction of sp³-hybridized carbons (Fsp3) is 0.250. The van der Waals surface area contributed by atoms with Crippen molar-refractivity contribution in [3.8, 4) is 5.88 Å². The van der Waals surface area contributed by atoms with E-state index >= 15 is 0 Å². The molecule has 0 radical (unpaired) electrons. The van der Waals surface area contributed by atoms with E-state index in [1.54, 1.807) is 10.7 Å². The van der Waals surface area contributed by atoms with Crippen molar-refractivity contribution in [3.05, 3.63) is 47.4 Å². The quantitative estimate of drug-likeness (QED) is 0.876. The molecule has 1 aromatic heterocycles. The Morgan fingerprint density at radius 1 is 1.47 bits per heavy atom. The van der Waals surface area contributed by atoms with Gasteiger partial charge in [-0.25, -0.2) is 9.07 Å². The van der Waals surface area contributed by atoms with E-state index in [4.69, 9.17) is 9.84 Å². The van der Waals surface area contributed by atoms with Crippen LogP contribution in [0.3, 0.4) is 0 Å². The predicted octanol–water partition coefficient (Wildman–Crippen LogP) is 1.57. The van der Waals surface area contributed by atoms with Crippen molar-refractivity contribution in [2.24, 2.45) is 0 Å². The fourth-order valence-electron chi connectivity index (χ4n) is 1.68. The Labute approximate surface area is 98.3 Å². The van der Waals surface area contributed by atoms with Crippen molar-refractivity contribution in [3.63, 3.8) is 0 Å². The molecule has 4 nitrogen and oxygen atoms in total. The molecule has 0 atom stereocenters. The van der Waals surface area contributed by atoms with Gasteiger partial charge in [0.15, 0.2) is 0 Å². The molecule has 0 amide bonds. The number of hydrogen-bond donors (Lipinski definition) is 1. The van der Waals surface area contributed by atoms with Crippen LogP contribution in [0.25, 0.3) is 0 Å². The largest absolute Gasteiger partial charge is 0.481 e. The van der Waals surface area contributed by atoms with Gasteiger partial charge in [0.25, 0.3) is 0 Å². The second-order valence-corrected chi connectivity index (χ2v) is 3.62. The van der Waals surface area contributed by atoms with Crippen LogP contribution in [-0.4, -0.2) is 22.0 Å². The molecule has 0 aliphatic carbocycles. The SMILES string of the molecule is COc1c(CO)cnn1Cc1cccc(F)c1. The van der Waals surface area contributed by atoms with E-state index in [-0.39, 0.29) is 12.4 Å². The molecule has 0 aliphatic rings. The van der Waals surface area contributed by atoms with Crippen molar-refractivity contribution < 1.29 is 14.2 Å². The summed E-state index contributed by atoms with van der Waals surface area (Å²) in [6, 6.07) is 6.29. The highest BCUT2D eigenvalue weighted by atomic mass is 19.1. The molecule has 0 saturated carbocycles. The topological polar surface area (TPSA) is 47.3 Å². The summed E-state index contributed by atoms with van der Waals surface area (Å²) in [5.41, 5.74) is 1.40. The lowest BCUT2D eigenvalue weighted by Crippen LogP contribution is -2.05. The van der Waals surface area contributed by atoms with Crippen LogP contribution in [0.15, 0.2) is 30.5 Å². The summed E-state index contributed by atoms with van der Waals surface area (Å²) in [6.07, 6.45) is 1.54. The van der Waals surface area contributed by atoms with Gasteiger partial charge in [-0.15, -0.1) is 0 Å². The van der Waals surface area contributed by atoms with E-state index in [2.05, 4.69) is 5.10 Å². The third-order valence-electron chi connectivity index (χ3n) is 2.45. The minimum atomic E-state index is -0.281. The first-order chi connectivity index (χ1) is 8.24. The van der Waals surface area contributed by atoms with Gasteiger partial charge >= 0.3 is 0 Å². The number of methoxy groups -OCH3 is 1. The summed E-state index contributed by atoms with van der Waals surface area (Å²) in [6.45, 7) is 0.271.